The lowest BCUT2D eigenvalue weighted by atomic mass is 10.1. The van der Waals surface area contributed by atoms with Crippen LogP contribution in [0, 0.1) is 0 Å². The average molecular weight is 263 g/mol. The highest BCUT2D eigenvalue weighted by atomic mass is 16.6. The monoisotopic (exact) mass is 263 g/mol. The number of ether oxygens (including phenoxy) is 1. The zero-order chi connectivity index (χ0) is 14.5. The van der Waals surface area contributed by atoms with Gasteiger partial charge in [0.15, 0.2) is 0 Å². The summed E-state index contributed by atoms with van der Waals surface area (Å²) >= 11 is 0. The van der Waals surface area contributed by atoms with E-state index >= 15 is 0 Å². The zero-order valence-electron chi connectivity index (χ0n) is 11.9. The van der Waals surface area contributed by atoms with Gasteiger partial charge in [-0.05, 0) is 38.8 Å². The summed E-state index contributed by atoms with van der Waals surface area (Å²) in [5, 5.41) is 2.69. The predicted molar refractivity (Wildman–Crippen MR) is 73.9 cm³/mol. The van der Waals surface area contributed by atoms with Gasteiger partial charge in [0.05, 0.1) is 0 Å². The lowest BCUT2D eigenvalue weighted by Crippen LogP contribution is -2.32. The van der Waals surface area contributed by atoms with Gasteiger partial charge in [-0.25, -0.2) is 4.79 Å². The van der Waals surface area contributed by atoms with E-state index in [9.17, 15) is 9.59 Å². The largest absolute Gasteiger partial charge is 0.444 e. The van der Waals surface area contributed by atoms with E-state index in [1.165, 1.54) is 0 Å². The summed E-state index contributed by atoms with van der Waals surface area (Å²) in [4.78, 5) is 22.6. The van der Waals surface area contributed by atoms with Crippen molar-refractivity contribution in [3.63, 3.8) is 0 Å². The Morgan fingerprint density at radius 3 is 2.42 bits per heavy atom. The van der Waals surface area contributed by atoms with E-state index < -0.39 is 11.7 Å². The van der Waals surface area contributed by atoms with Gasteiger partial charge in [-0.1, -0.05) is 24.3 Å². The molecule has 0 aromatic heterocycles. The first-order valence-electron chi connectivity index (χ1n) is 6.30. The van der Waals surface area contributed by atoms with Crippen LogP contribution in [0.4, 0.5) is 4.79 Å². The minimum atomic E-state index is -0.499. The molecule has 1 aromatic rings. The van der Waals surface area contributed by atoms with E-state index in [-0.39, 0.29) is 5.78 Å². The van der Waals surface area contributed by atoms with Crippen molar-refractivity contribution < 1.29 is 14.3 Å². The molecular formula is C15H21NO3. The Hall–Kier alpha value is -1.84. The number of carbonyl (C=O) groups is 2. The molecule has 0 saturated carbocycles. The van der Waals surface area contributed by atoms with Gasteiger partial charge in [-0.15, -0.1) is 0 Å². The molecule has 0 radical (unpaired) electrons. The van der Waals surface area contributed by atoms with Crippen molar-refractivity contribution >= 4 is 11.9 Å². The number of amides is 1. The molecule has 0 fully saturated rings. The van der Waals surface area contributed by atoms with E-state index in [1.807, 2.05) is 45.0 Å². The van der Waals surface area contributed by atoms with Crippen LogP contribution in [-0.4, -0.2) is 17.5 Å². The standard InChI is InChI=1S/C15H21NO3/c1-11(17)8-12-6-5-7-13(9-12)10-16-14(18)19-15(2,3)4/h5-7,9H,8,10H2,1-4H3,(H,16,18). The van der Waals surface area contributed by atoms with Crippen LogP contribution in [0.1, 0.15) is 38.8 Å². The minimum Gasteiger partial charge on any atom is -0.444 e. The van der Waals surface area contributed by atoms with E-state index in [0.29, 0.717) is 13.0 Å². The van der Waals surface area contributed by atoms with Gasteiger partial charge in [0.1, 0.15) is 11.4 Å². The Balaban J connectivity index is 2.53. The number of Topliss-reactive ketones (excluding diaryl/α,β-unsaturated/α-hetero) is 1. The molecule has 0 unspecified atom stereocenters. The van der Waals surface area contributed by atoms with Crippen LogP contribution < -0.4 is 5.32 Å². The maximum atomic E-state index is 11.5. The molecule has 4 heteroatoms. The second-order valence-corrected chi connectivity index (χ2v) is 5.55. The molecule has 0 saturated heterocycles. The fourth-order valence-electron chi connectivity index (χ4n) is 1.63. The molecule has 1 N–H and O–H groups in total. The number of rotatable bonds is 4. The Labute approximate surface area is 114 Å². The quantitative estimate of drug-likeness (QED) is 0.908. The normalized spacial score (nSPS) is 10.9. The number of ketones is 1. The molecule has 4 nitrogen and oxygen atoms in total. The Bertz CT molecular complexity index is 461. The third kappa shape index (κ3) is 6.60. The first-order valence-corrected chi connectivity index (χ1v) is 6.30. The van der Waals surface area contributed by atoms with Gasteiger partial charge in [-0.3, -0.25) is 4.79 Å². The Morgan fingerprint density at radius 1 is 1.21 bits per heavy atom. The summed E-state index contributed by atoms with van der Waals surface area (Å²) in [5.74, 6) is 0.122. The molecule has 1 rings (SSSR count). The number of alkyl carbamates (subject to hydrolysis) is 1. The maximum absolute atomic E-state index is 11.5. The summed E-state index contributed by atoms with van der Waals surface area (Å²) < 4.78 is 5.15. The molecule has 0 aliphatic heterocycles. The highest BCUT2D eigenvalue weighted by Gasteiger charge is 2.15. The lowest BCUT2D eigenvalue weighted by molar-refractivity contribution is -0.116. The van der Waals surface area contributed by atoms with Gasteiger partial charge in [0.2, 0.25) is 0 Å². The van der Waals surface area contributed by atoms with Crippen LogP contribution >= 0.6 is 0 Å². The van der Waals surface area contributed by atoms with E-state index in [2.05, 4.69) is 5.32 Å². The van der Waals surface area contributed by atoms with Crippen LogP contribution in [-0.2, 0) is 22.5 Å². The van der Waals surface area contributed by atoms with Crippen molar-refractivity contribution in [1.82, 2.24) is 5.32 Å². The molecule has 0 atom stereocenters. The number of carbonyl (C=O) groups excluding carboxylic acids is 2. The van der Waals surface area contributed by atoms with Gasteiger partial charge in [0.25, 0.3) is 0 Å². The smallest absolute Gasteiger partial charge is 0.407 e. The number of benzene rings is 1. The molecule has 0 spiro atoms. The van der Waals surface area contributed by atoms with Crippen LogP contribution in [0.15, 0.2) is 24.3 Å². The summed E-state index contributed by atoms with van der Waals surface area (Å²) in [6, 6.07) is 7.60. The predicted octanol–water partition coefficient (Wildman–Crippen LogP) is 2.84. The van der Waals surface area contributed by atoms with Gasteiger partial charge < -0.3 is 10.1 Å². The third-order valence-electron chi connectivity index (χ3n) is 2.28. The second kappa shape index (κ2) is 6.36. The topological polar surface area (TPSA) is 55.4 Å². The van der Waals surface area contributed by atoms with Crippen LogP contribution in [0.3, 0.4) is 0 Å². The SMILES string of the molecule is CC(=O)Cc1cccc(CNC(=O)OC(C)(C)C)c1. The van der Waals surface area contributed by atoms with Crippen molar-refractivity contribution in [2.75, 3.05) is 0 Å². The zero-order valence-corrected chi connectivity index (χ0v) is 11.9. The molecule has 104 valence electrons. The van der Waals surface area contributed by atoms with Gasteiger partial charge in [0, 0.05) is 13.0 Å². The fourth-order valence-corrected chi connectivity index (χ4v) is 1.63. The molecule has 0 aliphatic carbocycles. The van der Waals surface area contributed by atoms with Gasteiger partial charge >= 0.3 is 6.09 Å². The summed E-state index contributed by atoms with van der Waals surface area (Å²) in [7, 11) is 0. The Morgan fingerprint density at radius 2 is 1.84 bits per heavy atom. The highest BCUT2D eigenvalue weighted by Crippen LogP contribution is 2.09. The minimum absolute atomic E-state index is 0.122. The lowest BCUT2D eigenvalue weighted by Gasteiger charge is -2.19. The third-order valence-corrected chi connectivity index (χ3v) is 2.28. The van der Waals surface area contributed by atoms with E-state index in [1.54, 1.807) is 6.92 Å². The van der Waals surface area contributed by atoms with Crippen molar-refractivity contribution in [2.45, 2.75) is 46.3 Å². The number of hydrogen-bond donors (Lipinski definition) is 1. The van der Waals surface area contributed by atoms with Gasteiger partial charge in [-0.2, -0.15) is 0 Å². The van der Waals surface area contributed by atoms with E-state index in [0.717, 1.165) is 11.1 Å². The Kier molecular flexibility index (Phi) is 5.10. The molecule has 0 bridgehead atoms. The van der Waals surface area contributed by atoms with Crippen molar-refractivity contribution in [3.05, 3.63) is 35.4 Å². The van der Waals surface area contributed by atoms with Crippen LogP contribution in [0.5, 0.6) is 0 Å². The van der Waals surface area contributed by atoms with Crippen LogP contribution in [0.25, 0.3) is 0 Å². The fraction of sp³-hybridized carbons (Fsp3) is 0.467. The molecular weight excluding hydrogens is 242 g/mol. The number of nitrogens with one attached hydrogen (secondary N) is 1. The maximum Gasteiger partial charge on any atom is 0.407 e. The number of hydrogen-bond acceptors (Lipinski definition) is 3. The molecule has 0 aliphatic rings. The molecule has 0 heterocycles. The molecule has 1 aromatic carbocycles. The van der Waals surface area contributed by atoms with Crippen molar-refractivity contribution in [2.24, 2.45) is 0 Å². The first kappa shape index (κ1) is 15.2. The second-order valence-electron chi connectivity index (χ2n) is 5.55. The van der Waals surface area contributed by atoms with Crippen molar-refractivity contribution in [3.8, 4) is 0 Å². The molecule has 19 heavy (non-hydrogen) atoms. The summed E-state index contributed by atoms with van der Waals surface area (Å²) in [6.45, 7) is 7.41. The average Bonchev–Trinajstić information content (AvgIpc) is 2.23. The highest BCUT2D eigenvalue weighted by molar-refractivity contribution is 5.78. The summed E-state index contributed by atoms with van der Waals surface area (Å²) in [5.41, 5.74) is 1.40. The molecule has 1 amide bonds. The van der Waals surface area contributed by atoms with Crippen molar-refractivity contribution in [1.29, 1.82) is 0 Å². The van der Waals surface area contributed by atoms with Crippen LogP contribution in [0.2, 0.25) is 0 Å². The van der Waals surface area contributed by atoms with E-state index in [4.69, 9.17) is 4.74 Å². The summed E-state index contributed by atoms with van der Waals surface area (Å²) in [6.07, 6.45) is -0.0234. The first-order chi connectivity index (χ1) is 8.76.